The third-order valence-electron chi connectivity index (χ3n) is 6.04. The van der Waals surface area contributed by atoms with E-state index in [2.05, 4.69) is 10.4 Å². The molecule has 10 nitrogen and oxygen atoms in total. The van der Waals surface area contributed by atoms with Crippen molar-refractivity contribution < 1.29 is 22.9 Å². The van der Waals surface area contributed by atoms with Gasteiger partial charge in [0.2, 0.25) is 0 Å². The van der Waals surface area contributed by atoms with Gasteiger partial charge >= 0.3 is 0 Å². The number of para-hydroxylation sites is 1. The Hall–Kier alpha value is -5.03. The Labute approximate surface area is 223 Å². The quantitative estimate of drug-likeness (QED) is 0.211. The Kier molecular flexibility index (Phi) is 6.82. The van der Waals surface area contributed by atoms with Crippen LogP contribution in [0.15, 0.2) is 102 Å². The molecular formula is C28H22N4O6S. The van der Waals surface area contributed by atoms with Gasteiger partial charge in [-0.3, -0.25) is 14.9 Å². The number of hydrogen-bond donors (Lipinski definition) is 1. The van der Waals surface area contributed by atoms with Gasteiger partial charge in [0.05, 0.1) is 39.3 Å². The summed E-state index contributed by atoms with van der Waals surface area (Å²) >= 11 is 0. The molecule has 0 atom stereocenters. The molecule has 0 aliphatic heterocycles. The summed E-state index contributed by atoms with van der Waals surface area (Å²) in [5, 5.41) is 19.0. The summed E-state index contributed by atoms with van der Waals surface area (Å²) in [6.45, 7) is 0. The molecule has 0 aliphatic carbocycles. The number of hydrogen-bond acceptors (Lipinski definition) is 7. The van der Waals surface area contributed by atoms with Gasteiger partial charge in [-0.05, 0) is 42.0 Å². The minimum atomic E-state index is -4.16. The molecule has 4 aromatic carbocycles. The molecule has 39 heavy (non-hydrogen) atoms. The molecule has 196 valence electrons. The molecule has 0 aliphatic rings. The van der Waals surface area contributed by atoms with Crippen LogP contribution in [0.3, 0.4) is 0 Å². The molecule has 0 spiro atoms. The maximum absolute atomic E-state index is 13.7. The summed E-state index contributed by atoms with van der Waals surface area (Å²) in [5.41, 5.74) is 0.912. The summed E-state index contributed by atoms with van der Waals surface area (Å²) in [5.74, 6) is -0.501. The highest BCUT2D eigenvalue weighted by Crippen LogP contribution is 2.35. The molecule has 1 N–H and O–H groups in total. The fourth-order valence-corrected chi connectivity index (χ4v) is 5.81. The average Bonchev–Trinajstić information content (AvgIpc) is 3.33. The minimum Gasteiger partial charge on any atom is -0.497 e. The second-order valence-corrected chi connectivity index (χ2v) is 10.6. The van der Waals surface area contributed by atoms with Crippen molar-refractivity contribution in [3.8, 4) is 11.4 Å². The fourth-order valence-electron chi connectivity index (χ4n) is 4.21. The minimum absolute atomic E-state index is 0.00797. The number of carbonyl (C=O) groups excluding carboxylic acids is 1. The van der Waals surface area contributed by atoms with E-state index in [1.807, 2.05) is 0 Å². The number of non-ortho nitro benzene ring substituents is 1. The normalized spacial score (nSPS) is 11.3. The maximum atomic E-state index is 13.7. The number of sulfone groups is 1. The Morgan fingerprint density at radius 1 is 0.974 bits per heavy atom. The van der Waals surface area contributed by atoms with E-state index in [1.54, 1.807) is 84.9 Å². The van der Waals surface area contributed by atoms with E-state index in [0.29, 0.717) is 22.7 Å². The molecule has 11 heteroatoms. The summed E-state index contributed by atoms with van der Waals surface area (Å²) in [6.07, 6.45) is 0. The Bertz CT molecular complexity index is 1790. The van der Waals surface area contributed by atoms with Crippen LogP contribution in [-0.2, 0) is 15.6 Å². The maximum Gasteiger partial charge on any atom is 0.276 e. The molecule has 1 amide bonds. The van der Waals surface area contributed by atoms with Crippen LogP contribution in [0.4, 0.5) is 11.4 Å². The lowest BCUT2D eigenvalue weighted by Crippen LogP contribution is -2.14. The summed E-state index contributed by atoms with van der Waals surface area (Å²) in [4.78, 5) is 24.4. The largest absolute Gasteiger partial charge is 0.497 e. The molecule has 0 radical (unpaired) electrons. The summed E-state index contributed by atoms with van der Waals surface area (Å²) in [6, 6.07) is 25.9. The number of methoxy groups -OCH3 is 1. The lowest BCUT2D eigenvalue weighted by molar-refractivity contribution is -0.384. The van der Waals surface area contributed by atoms with E-state index in [-0.39, 0.29) is 21.5 Å². The van der Waals surface area contributed by atoms with E-state index in [0.717, 1.165) is 6.07 Å². The van der Waals surface area contributed by atoms with Crippen molar-refractivity contribution in [3.63, 3.8) is 0 Å². The number of nitrogens with zero attached hydrogens (tertiary/aromatic N) is 3. The van der Waals surface area contributed by atoms with Crippen LogP contribution in [0.1, 0.15) is 16.1 Å². The topological polar surface area (TPSA) is 133 Å². The first kappa shape index (κ1) is 25.6. The lowest BCUT2D eigenvalue weighted by atomic mass is 10.1. The first-order chi connectivity index (χ1) is 18.8. The zero-order valence-electron chi connectivity index (χ0n) is 20.6. The number of nitro benzene ring substituents is 1. The molecule has 0 saturated carbocycles. The van der Waals surface area contributed by atoms with Gasteiger partial charge in [-0.15, -0.1) is 0 Å². The van der Waals surface area contributed by atoms with Gasteiger partial charge in [-0.1, -0.05) is 48.5 Å². The second kappa shape index (κ2) is 10.4. The number of aromatic nitrogens is 2. The number of anilines is 1. The van der Waals surface area contributed by atoms with E-state index >= 15 is 0 Å². The average molecular weight is 543 g/mol. The lowest BCUT2D eigenvalue weighted by Gasteiger charge is -2.09. The van der Waals surface area contributed by atoms with Crippen molar-refractivity contribution in [1.82, 2.24) is 9.78 Å². The molecule has 1 heterocycles. The van der Waals surface area contributed by atoms with Crippen LogP contribution in [0.2, 0.25) is 0 Å². The molecular weight excluding hydrogens is 520 g/mol. The number of nitrogens with one attached hydrogen (secondary N) is 1. The van der Waals surface area contributed by atoms with Gasteiger partial charge in [-0.25, -0.2) is 13.1 Å². The van der Waals surface area contributed by atoms with E-state index < -0.39 is 32.1 Å². The predicted octanol–water partition coefficient (Wildman–Crippen LogP) is 5.17. The molecule has 5 aromatic rings. The van der Waals surface area contributed by atoms with Crippen LogP contribution < -0.4 is 10.1 Å². The predicted molar refractivity (Wildman–Crippen MR) is 146 cm³/mol. The van der Waals surface area contributed by atoms with E-state index in [4.69, 9.17) is 4.74 Å². The molecule has 0 bridgehead atoms. The Morgan fingerprint density at radius 2 is 1.62 bits per heavy atom. The SMILES string of the molecule is COc1ccc(NC(=O)c2nn(-c3ccccc3)c3cc([N+](=O)[O-])cc(S(=O)(=O)Cc4ccccc4)c23)cc1. The number of amides is 1. The standard InChI is InChI=1S/C28H22N4O6S/c1-38-23-14-12-20(13-15-23)29-28(33)27-26-24(31(30-27)21-10-6-3-7-11-21)16-22(32(34)35)17-25(26)39(36,37)18-19-8-4-2-5-9-19/h2-17H,18H2,1H3,(H,29,33). The smallest absolute Gasteiger partial charge is 0.276 e. The molecule has 0 unspecified atom stereocenters. The van der Waals surface area contributed by atoms with Crippen LogP contribution in [-0.4, -0.2) is 36.1 Å². The summed E-state index contributed by atoms with van der Waals surface area (Å²) < 4.78 is 34.0. The molecule has 0 saturated heterocycles. The molecule has 0 fully saturated rings. The van der Waals surface area contributed by atoms with Gasteiger partial charge in [0, 0.05) is 17.8 Å². The van der Waals surface area contributed by atoms with Crippen LogP contribution in [0, 0.1) is 10.1 Å². The first-order valence-corrected chi connectivity index (χ1v) is 13.4. The Balaban J connectivity index is 1.74. The number of fused-ring (bicyclic) bond motifs is 1. The van der Waals surface area contributed by atoms with Gasteiger partial charge in [0.1, 0.15) is 5.75 Å². The van der Waals surface area contributed by atoms with Gasteiger partial charge < -0.3 is 10.1 Å². The van der Waals surface area contributed by atoms with Crippen LogP contribution >= 0.6 is 0 Å². The van der Waals surface area contributed by atoms with Crippen LogP contribution in [0.5, 0.6) is 5.75 Å². The number of carbonyl (C=O) groups is 1. The molecule has 5 rings (SSSR count). The number of nitro groups is 1. The third-order valence-corrected chi connectivity index (χ3v) is 7.75. The van der Waals surface area contributed by atoms with Gasteiger partial charge in [0.15, 0.2) is 15.5 Å². The fraction of sp³-hybridized carbons (Fsp3) is 0.0714. The monoisotopic (exact) mass is 542 g/mol. The Morgan fingerprint density at radius 3 is 2.23 bits per heavy atom. The zero-order chi connectivity index (χ0) is 27.6. The van der Waals surface area contributed by atoms with Crippen molar-refractivity contribution in [2.75, 3.05) is 12.4 Å². The number of ether oxygens (including phenoxy) is 1. The summed E-state index contributed by atoms with van der Waals surface area (Å²) in [7, 11) is -2.64. The van der Waals surface area contributed by atoms with Gasteiger partial charge in [0.25, 0.3) is 11.6 Å². The highest BCUT2D eigenvalue weighted by atomic mass is 32.2. The second-order valence-electron chi connectivity index (χ2n) is 8.62. The van der Waals surface area contributed by atoms with Gasteiger partial charge in [-0.2, -0.15) is 5.10 Å². The molecule has 1 aromatic heterocycles. The van der Waals surface area contributed by atoms with Crippen molar-refractivity contribution in [3.05, 3.63) is 118 Å². The number of rotatable bonds is 8. The zero-order valence-corrected chi connectivity index (χ0v) is 21.5. The highest BCUT2D eigenvalue weighted by molar-refractivity contribution is 7.90. The third kappa shape index (κ3) is 5.20. The van der Waals surface area contributed by atoms with Crippen molar-refractivity contribution in [1.29, 1.82) is 0 Å². The van der Waals surface area contributed by atoms with Crippen molar-refractivity contribution in [2.45, 2.75) is 10.6 Å². The highest BCUT2D eigenvalue weighted by Gasteiger charge is 2.30. The van der Waals surface area contributed by atoms with Crippen LogP contribution in [0.25, 0.3) is 16.6 Å². The van der Waals surface area contributed by atoms with E-state index in [1.165, 1.54) is 17.9 Å². The van der Waals surface area contributed by atoms with E-state index in [9.17, 15) is 23.3 Å². The van der Waals surface area contributed by atoms with Crippen molar-refractivity contribution in [2.24, 2.45) is 0 Å². The first-order valence-electron chi connectivity index (χ1n) is 11.8. The van der Waals surface area contributed by atoms with Crippen molar-refractivity contribution >= 4 is 38.0 Å². The number of benzene rings is 4.